The Morgan fingerprint density at radius 2 is 2.42 bits per heavy atom. The normalized spacial score (nSPS) is 27.1. The van der Waals surface area contributed by atoms with Gasteiger partial charge in [0.2, 0.25) is 5.76 Å². The van der Waals surface area contributed by atoms with Crippen LogP contribution in [0.3, 0.4) is 0 Å². The zero-order valence-electron chi connectivity index (χ0n) is 13.3. The minimum absolute atomic E-state index is 0.0565. The Labute approximate surface area is 144 Å². The van der Waals surface area contributed by atoms with E-state index >= 15 is 0 Å². The topological polar surface area (TPSA) is 80.5 Å². The van der Waals surface area contributed by atoms with Gasteiger partial charge in [-0.2, -0.15) is 0 Å². The number of fused-ring (bicyclic) bond motifs is 1. The average molecular weight is 348 g/mol. The Kier molecular flexibility index (Phi) is 4.59. The van der Waals surface area contributed by atoms with E-state index in [0.29, 0.717) is 18.4 Å². The molecular weight excluding hydrogens is 328 g/mol. The summed E-state index contributed by atoms with van der Waals surface area (Å²) >= 11 is 1.70. The molecule has 7 nitrogen and oxygen atoms in total. The molecule has 4 rings (SSSR count). The molecule has 0 spiro atoms. The average Bonchev–Trinajstić information content (AvgIpc) is 3.34. The van der Waals surface area contributed by atoms with E-state index in [-0.39, 0.29) is 17.8 Å². The van der Waals surface area contributed by atoms with Gasteiger partial charge in [0.25, 0.3) is 5.91 Å². The van der Waals surface area contributed by atoms with Gasteiger partial charge in [-0.05, 0) is 18.9 Å². The number of hydrogen-bond acceptors (Lipinski definition) is 7. The summed E-state index contributed by atoms with van der Waals surface area (Å²) in [5, 5.41) is 9.62. The third-order valence-corrected chi connectivity index (χ3v) is 5.62. The summed E-state index contributed by atoms with van der Waals surface area (Å²) in [4.78, 5) is 18.8. The molecule has 24 heavy (non-hydrogen) atoms. The van der Waals surface area contributed by atoms with Crippen LogP contribution < -0.4 is 5.32 Å². The Balaban J connectivity index is 1.32. The second kappa shape index (κ2) is 7.00. The van der Waals surface area contributed by atoms with Crippen LogP contribution in [-0.2, 0) is 11.3 Å². The van der Waals surface area contributed by atoms with Crippen LogP contribution in [0.25, 0.3) is 0 Å². The summed E-state index contributed by atoms with van der Waals surface area (Å²) in [5.74, 6) is 1.03. The molecule has 8 heteroatoms. The molecule has 128 valence electrons. The lowest BCUT2D eigenvalue weighted by molar-refractivity contribution is 0.0664. The number of aromatic nitrogens is 2. The number of ether oxygens (including phenoxy) is 1. The maximum Gasteiger partial charge on any atom is 0.289 e. The molecule has 3 atom stereocenters. The molecule has 4 heterocycles. The van der Waals surface area contributed by atoms with Crippen LogP contribution in [0.5, 0.6) is 0 Å². The van der Waals surface area contributed by atoms with Crippen molar-refractivity contribution >= 4 is 17.2 Å². The molecule has 0 saturated carbocycles. The van der Waals surface area contributed by atoms with Crippen LogP contribution in [0.15, 0.2) is 28.4 Å². The number of nitrogens with one attached hydrogen (secondary N) is 1. The van der Waals surface area contributed by atoms with Gasteiger partial charge in [0.1, 0.15) is 5.01 Å². The highest BCUT2D eigenvalue weighted by atomic mass is 32.1. The quantitative estimate of drug-likeness (QED) is 0.880. The first-order valence-corrected chi connectivity index (χ1v) is 9.09. The van der Waals surface area contributed by atoms with Crippen molar-refractivity contribution in [3.05, 3.63) is 34.6 Å². The zero-order valence-corrected chi connectivity index (χ0v) is 14.1. The number of carbonyl (C=O) groups excluding carboxylic acids is 1. The lowest BCUT2D eigenvalue weighted by Gasteiger charge is -2.35. The number of amides is 1. The van der Waals surface area contributed by atoms with E-state index < -0.39 is 0 Å². The number of hydrogen-bond donors (Lipinski definition) is 1. The predicted octanol–water partition coefficient (Wildman–Crippen LogP) is 1.40. The van der Waals surface area contributed by atoms with Crippen molar-refractivity contribution in [1.82, 2.24) is 20.4 Å². The van der Waals surface area contributed by atoms with Crippen molar-refractivity contribution in [2.24, 2.45) is 11.8 Å². The number of piperidine rings is 1. The Morgan fingerprint density at radius 3 is 3.21 bits per heavy atom. The third kappa shape index (κ3) is 3.35. The molecule has 2 aliphatic heterocycles. The van der Waals surface area contributed by atoms with E-state index in [2.05, 4.69) is 20.4 Å². The van der Waals surface area contributed by atoms with Crippen molar-refractivity contribution in [1.29, 1.82) is 0 Å². The molecule has 2 saturated heterocycles. The number of thiazole rings is 1. The van der Waals surface area contributed by atoms with Crippen LogP contribution in [0.4, 0.5) is 0 Å². The SMILES string of the molecule is O=C(NC[C@@H]1OC[C@H]2CCN(Cc3nccs3)C[C@H]21)c1ccno1. The van der Waals surface area contributed by atoms with Gasteiger partial charge in [-0.15, -0.1) is 11.3 Å². The zero-order chi connectivity index (χ0) is 16.4. The summed E-state index contributed by atoms with van der Waals surface area (Å²) in [6.45, 7) is 4.27. The first-order valence-electron chi connectivity index (χ1n) is 8.21. The van der Waals surface area contributed by atoms with Crippen molar-refractivity contribution in [3.63, 3.8) is 0 Å². The lowest BCUT2D eigenvalue weighted by atomic mass is 9.84. The first-order chi connectivity index (χ1) is 11.8. The molecule has 2 aromatic rings. The number of carbonyl (C=O) groups is 1. The number of likely N-dealkylation sites (tertiary alicyclic amines) is 1. The second-order valence-corrected chi connectivity index (χ2v) is 7.31. The van der Waals surface area contributed by atoms with E-state index in [9.17, 15) is 4.79 Å². The first kappa shape index (κ1) is 15.7. The largest absolute Gasteiger partial charge is 0.376 e. The van der Waals surface area contributed by atoms with E-state index in [1.807, 2.05) is 11.6 Å². The third-order valence-electron chi connectivity index (χ3n) is 4.86. The van der Waals surface area contributed by atoms with Crippen LogP contribution >= 0.6 is 11.3 Å². The Hall–Kier alpha value is -1.77. The maximum absolute atomic E-state index is 12.0. The fourth-order valence-electron chi connectivity index (χ4n) is 3.59. The standard InChI is InChI=1S/C16H20N4O3S/c21-16(13-1-3-19-23-13)18-7-14-12-8-20(5-2-11(12)10-22-14)9-15-17-4-6-24-15/h1,3-4,6,11-12,14H,2,5,7-10H2,(H,18,21)/t11-,12-,14+/m1/s1. The maximum atomic E-state index is 12.0. The van der Waals surface area contributed by atoms with Crippen LogP contribution in [0.1, 0.15) is 22.0 Å². The lowest BCUT2D eigenvalue weighted by Crippen LogP contribution is -2.45. The van der Waals surface area contributed by atoms with Crippen molar-refractivity contribution in [2.45, 2.75) is 19.1 Å². The van der Waals surface area contributed by atoms with Crippen molar-refractivity contribution in [3.8, 4) is 0 Å². The molecule has 1 amide bonds. The van der Waals surface area contributed by atoms with Gasteiger partial charge >= 0.3 is 0 Å². The van der Waals surface area contributed by atoms with Crippen LogP contribution in [0.2, 0.25) is 0 Å². The summed E-state index contributed by atoms with van der Waals surface area (Å²) < 4.78 is 10.8. The molecule has 2 fully saturated rings. The smallest absolute Gasteiger partial charge is 0.289 e. The van der Waals surface area contributed by atoms with Crippen LogP contribution in [-0.4, -0.2) is 53.3 Å². The summed E-state index contributed by atoms with van der Waals surface area (Å²) in [6, 6.07) is 1.56. The molecular formula is C16H20N4O3S. The molecule has 0 radical (unpaired) electrons. The molecule has 2 aliphatic rings. The Morgan fingerprint density at radius 1 is 1.46 bits per heavy atom. The second-order valence-electron chi connectivity index (χ2n) is 6.33. The van der Waals surface area contributed by atoms with E-state index in [1.54, 1.807) is 17.4 Å². The highest BCUT2D eigenvalue weighted by Crippen LogP contribution is 2.34. The van der Waals surface area contributed by atoms with Gasteiger partial charge in [0.05, 0.1) is 25.5 Å². The fourth-order valence-corrected chi connectivity index (χ4v) is 4.25. The highest BCUT2D eigenvalue weighted by molar-refractivity contribution is 7.09. The Bertz CT molecular complexity index is 661. The van der Waals surface area contributed by atoms with E-state index in [4.69, 9.17) is 9.26 Å². The van der Waals surface area contributed by atoms with Gasteiger partial charge in [0, 0.05) is 36.7 Å². The number of nitrogens with zero attached hydrogens (tertiary/aromatic N) is 3. The molecule has 0 aromatic carbocycles. The van der Waals surface area contributed by atoms with E-state index in [1.165, 1.54) is 6.20 Å². The molecule has 0 bridgehead atoms. The highest BCUT2D eigenvalue weighted by Gasteiger charge is 2.41. The van der Waals surface area contributed by atoms with Crippen molar-refractivity contribution in [2.75, 3.05) is 26.2 Å². The minimum atomic E-state index is -0.241. The van der Waals surface area contributed by atoms with E-state index in [0.717, 1.165) is 37.7 Å². The molecule has 2 aromatic heterocycles. The minimum Gasteiger partial charge on any atom is -0.376 e. The van der Waals surface area contributed by atoms with Gasteiger partial charge in [-0.3, -0.25) is 9.69 Å². The molecule has 0 aliphatic carbocycles. The predicted molar refractivity (Wildman–Crippen MR) is 87.6 cm³/mol. The summed E-state index contributed by atoms with van der Waals surface area (Å²) in [6.07, 6.45) is 4.52. The van der Waals surface area contributed by atoms with Gasteiger partial charge in [0.15, 0.2) is 0 Å². The summed E-state index contributed by atoms with van der Waals surface area (Å²) in [7, 11) is 0. The summed E-state index contributed by atoms with van der Waals surface area (Å²) in [5.41, 5.74) is 0. The molecule has 1 N–H and O–H groups in total. The fraction of sp³-hybridized carbons (Fsp3) is 0.562. The van der Waals surface area contributed by atoms with Crippen LogP contribution in [0, 0.1) is 11.8 Å². The van der Waals surface area contributed by atoms with Crippen molar-refractivity contribution < 1.29 is 14.1 Å². The van der Waals surface area contributed by atoms with Gasteiger partial charge in [-0.25, -0.2) is 4.98 Å². The molecule has 0 unspecified atom stereocenters. The van der Waals surface area contributed by atoms with Gasteiger partial charge < -0.3 is 14.6 Å². The monoisotopic (exact) mass is 348 g/mol. The number of rotatable bonds is 5. The van der Waals surface area contributed by atoms with Gasteiger partial charge in [-0.1, -0.05) is 5.16 Å².